The molecule has 1 aromatic rings. The molecule has 0 radical (unpaired) electrons. The van der Waals surface area contributed by atoms with E-state index in [9.17, 15) is 4.79 Å². The molecule has 84 valence electrons. The molecular formula is C12H13ClN2O. The molecule has 16 heavy (non-hydrogen) atoms. The highest BCUT2D eigenvalue weighted by Crippen LogP contribution is 2.47. The van der Waals surface area contributed by atoms with E-state index in [1.54, 1.807) is 24.3 Å². The highest BCUT2D eigenvalue weighted by Gasteiger charge is 2.58. The van der Waals surface area contributed by atoms with Crippen molar-refractivity contribution in [1.29, 1.82) is 0 Å². The number of halogens is 1. The zero-order valence-electron chi connectivity index (χ0n) is 8.82. The molecule has 4 heteroatoms. The van der Waals surface area contributed by atoms with Crippen LogP contribution in [0.15, 0.2) is 24.3 Å². The first-order valence-corrected chi connectivity index (χ1v) is 5.80. The van der Waals surface area contributed by atoms with Gasteiger partial charge in [-0.05, 0) is 30.5 Å². The number of fused-ring (bicyclic) bond motifs is 1. The summed E-state index contributed by atoms with van der Waals surface area (Å²) < 4.78 is 0. The van der Waals surface area contributed by atoms with Gasteiger partial charge in [-0.2, -0.15) is 0 Å². The summed E-state index contributed by atoms with van der Waals surface area (Å²) in [6, 6.07) is 7.06. The number of piperidine rings is 1. The third kappa shape index (κ3) is 1.51. The van der Waals surface area contributed by atoms with Gasteiger partial charge in [-0.15, -0.1) is 0 Å². The molecule has 2 N–H and O–H groups in total. The fourth-order valence-electron chi connectivity index (χ4n) is 2.48. The maximum atomic E-state index is 12.1. The van der Waals surface area contributed by atoms with Crippen LogP contribution in [0.2, 0.25) is 5.02 Å². The summed E-state index contributed by atoms with van der Waals surface area (Å²) >= 11 is 5.86. The van der Waals surface area contributed by atoms with Gasteiger partial charge in [0.1, 0.15) is 0 Å². The van der Waals surface area contributed by atoms with Gasteiger partial charge in [0.25, 0.3) is 5.91 Å². The van der Waals surface area contributed by atoms with E-state index in [0.717, 1.165) is 13.0 Å². The van der Waals surface area contributed by atoms with Gasteiger partial charge in [-0.25, -0.2) is 0 Å². The summed E-state index contributed by atoms with van der Waals surface area (Å²) in [6.45, 7) is 1.48. The molecule has 1 aliphatic heterocycles. The van der Waals surface area contributed by atoms with Gasteiger partial charge in [0.05, 0.1) is 0 Å². The summed E-state index contributed by atoms with van der Waals surface area (Å²) in [5.74, 6) is 0.551. The van der Waals surface area contributed by atoms with E-state index < -0.39 is 0 Å². The van der Waals surface area contributed by atoms with E-state index in [2.05, 4.69) is 0 Å². The number of rotatable bonds is 1. The fourth-order valence-corrected chi connectivity index (χ4v) is 2.67. The molecule has 2 atom stereocenters. The lowest BCUT2D eigenvalue weighted by Gasteiger charge is -2.19. The van der Waals surface area contributed by atoms with Crippen LogP contribution < -0.4 is 5.73 Å². The Hall–Kier alpha value is -1.06. The van der Waals surface area contributed by atoms with Crippen LogP contribution in [0.25, 0.3) is 0 Å². The van der Waals surface area contributed by atoms with Crippen molar-refractivity contribution in [2.45, 2.75) is 12.0 Å². The highest BCUT2D eigenvalue weighted by molar-refractivity contribution is 6.30. The van der Waals surface area contributed by atoms with Gasteiger partial charge < -0.3 is 10.6 Å². The average Bonchev–Trinajstić information content (AvgIpc) is 2.76. The first-order valence-electron chi connectivity index (χ1n) is 5.42. The number of nitrogens with zero attached hydrogens (tertiary/aromatic N) is 1. The normalized spacial score (nSPS) is 31.4. The molecule has 2 unspecified atom stereocenters. The third-order valence-corrected chi connectivity index (χ3v) is 3.80. The van der Waals surface area contributed by atoms with Crippen LogP contribution in [0, 0.1) is 5.92 Å². The predicted octanol–water partition coefficient (Wildman–Crippen LogP) is 1.51. The summed E-state index contributed by atoms with van der Waals surface area (Å²) in [5, 5.41) is 0.595. The molecule has 3 rings (SSSR count). The first kappa shape index (κ1) is 10.1. The average molecular weight is 237 g/mol. The second-order valence-corrected chi connectivity index (χ2v) is 5.27. The predicted molar refractivity (Wildman–Crippen MR) is 62.4 cm³/mol. The van der Waals surface area contributed by atoms with E-state index in [4.69, 9.17) is 17.3 Å². The first-order chi connectivity index (χ1) is 7.58. The number of nitrogens with two attached hydrogens (primary N) is 1. The summed E-state index contributed by atoms with van der Waals surface area (Å²) in [5.41, 5.74) is 6.63. The van der Waals surface area contributed by atoms with Crippen molar-refractivity contribution in [3.05, 3.63) is 34.9 Å². The minimum Gasteiger partial charge on any atom is -0.336 e. The number of carbonyl (C=O) groups is 1. The van der Waals surface area contributed by atoms with E-state index in [1.165, 1.54) is 0 Å². The Morgan fingerprint density at radius 1 is 1.56 bits per heavy atom. The van der Waals surface area contributed by atoms with Crippen LogP contribution in [0.5, 0.6) is 0 Å². The minimum absolute atomic E-state index is 0.0412. The van der Waals surface area contributed by atoms with Crippen LogP contribution >= 0.6 is 11.6 Å². The molecule has 2 aliphatic rings. The van der Waals surface area contributed by atoms with Crippen LogP contribution in [-0.2, 0) is 0 Å². The lowest BCUT2D eigenvalue weighted by Crippen LogP contribution is -2.36. The number of amides is 1. The van der Waals surface area contributed by atoms with Crippen LogP contribution in [0.3, 0.4) is 0 Å². The van der Waals surface area contributed by atoms with Crippen molar-refractivity contribution in [2.75, 3.05) is 13.1 Å². The zero-order chi connectivity index (χ0) is 11.3. The SMILES string of the molecule is NC12CC1CN(C(=O)c1cccc(Cl)c1)C2. The van der Waals surface area contributed by atoms with Crippen molar-refractivity contribution in [1.82, 2.24) is 4.90 Å². The molecule has 1 amide bonds. The van der Waals surface area contributed by atoms with Crippen molar-refractivity contribution in [3.8, 4) is 0 Å². The Morgan fingerprint density at radius 2 is 2.38 bits per heavy atom. The van der Waals surface area contributed by atoms with Gasteiger partial charge >= 0.3 is 0 Å². The lowest BCUT2D eigenvalue weighted by atomic mass is 10.2. The van der Waals surface area contributed by atoms with Crippen LogP contribution in [0.4, 0.5) is 0 Å². The second kappa shape index (κ2) is 3.22. The Labute approximate surface area is 99.2 Å². The van der Waals surface area contributed by atoms with Gasteiger partial charge in [-0.1, -0.05) is 17.7 Å². The van der Waals surface area contributed by atoms with Crippen molar-refractivity contribution in [2.24, 2.45) is 11.7 Å². The molecule has 1 heterocycles. The summed E-state index contributed by atoms with van der Waals surface area (Å²) in [4.78, 5) is 14.0. The maximum absolute atomic E-state index is 12.1. The van der Waals surface area contributed by atoms with Crippen LogP contribution in [0.1, 0.15) is 16.8 Å². The quantitative estimate of drug-likeness (QED) is 0.804. The molecule has 1 aromatic carbocycles. The largest absolute Gasteiger partial charge is 0.336 e. The van der Waals surface area contributed by atoms with E-state index >= 15 is 0 Å². The fraction of sp³-hybridized carbons (Fsp3) is 0.417. The topological polar surface area (TPSA) is 46.3 Å². The van der Waals surface area contributed by atoms with E-state index in [0.29, 0.717) is 23.0 Å². The molecule has 1 aliphatic carbocycles. The smallest absolute Gasteiger partial charge is 0.253 e. The van der Waals surface area contributed by atoms with Crippen molar-refractivity contribution >= 4 is 17.5 Å². The zero-order valence-corrected chi connectivity index (χ0v) is 9.57. The monoisotopic (exact) mass is 236 g/mol. The molecular weight excluding hydrogens is 224 g/mol. The van der Waals surface area contributed by atoms with E-state index in [1.807, 2.05) is 4.90 Å². The summed E-state index contributed by atoms with van der Waals surface area (Å²) in [7, 11) is 0. The van der Waals surface area contributed by atoms with Crippen molar-refractivity contribution in [3.63, 3.8) is 0 Å². The maximum Gasteiger partial charge on any atom is 0.253 e. The minimum atomic E-state index is -0.0891. The van der Waals surface area contributed by atoms with Gasteiger partial charge in [0.2, 0.25) is 0 Å². The Kier molecular flexibility index (Phi) is 2.03. The van der Waals surface area contributed by atoms with Crippen LogP contribution in [-0.4, -0.2) is 29.4 Å². The molecule has 2 fully saturated rings. The van der Waals surface area contributed by atoms with Gasteiger partial charge in [0.15, 0.2) is 0 Å². The molecule has 0 aromatic heterocycles. The molecule has 1 saturated heterocycles. The van der Waals surface area contributed by atoms with Gasteiger partial charge in [-0.3, -0.25) is 4.79 Å². The second-order valence-electron chi connectivity index (χ2n) is 4.83. The van der Waals surface area contributed by atoms with E-state index in [-0.39, 0.29) is 11.4 Å². The number of benzene rings is 1. The number of carbonyl (C=O) groups excluding carboxylic acids is 1. The lowest BCUT2D eigenvalue weighted by molar-refractivity contribution is 0.0772. The number of likely N-dealkylation sites (tertiary alicyclic amines) is 1. The number of hydrogen-bond acceptors (Lipinski definition) is 2. The Balaban J connectivity index is 1.79. The van der Waals surface area contributed by atoms with Crippen molar-refractivity contribution < 1.29 is 4.79 Å². The molecule has 0 bridgehead atoms. The highest BCUT2D eigenvalue weighted by atomic mass is 35.5. The Bertz CT molecular complexity index is 462. The standard InChI is InChI=1S/C12H13ClN2O/c13-10-3-1-2-8(4-10)11(16)15-6-9-5-12(9,14)7-15/h1-4,9H,5-7,14H2. The molecule has 1 saturated carbocycles. The number of hydrogen-bond donors (Lipinski definition) is 1. The molecule has 3 nitrogen and oxygen atoms in total. The Morgan fingerprint density at radius 3 is 3.00 bits per heavy atom. The summed E-state index contributed by atoms with van der Waals surface area (Å²) in [6.07, 6.45) is 1.06. The van der Waals surface area contributed by atoms with Gasteiger partial charge in [0, 0.05) is 29.2 Å². The molecule has 0 spiro atoms. The third-order valence-electron chi connectivity index (χ3n) is 3.56.